The van der Waals surface area contributed by atoms with Crippen LogP contribution in [0.1, 0.15) is 34.8 Å². The third-order valence-corrected chi connectivity index (χ3v) is 5.44. The van der Waals surface area contributed by atoms with Crippen LogP contribution in [0.3, 0.4) is 0 Å². The molecule has 0 radical (unpaired) electrons. The molecular weight excluding hydrogens is 479 g/mol. The number of rotatable bonds is 8. The van der Waals surface area contributed by atoms with E-state index in [1.807, 2.05) is 30.3 Å². The first kappa shape index (κ1) is 24.9. The number of benzene rings is 1. The number of nitrogens with one attached hydrogen (secondary N) is 3. The second kappa shape index (κ2) is 10.6. The Hall–Kier alpha value is -4.16. The average Bonchev–Trinajstić information content (AvgIpc) is 3.28. The number of alkyl halides is 3. The standard InChI is InChI=1S/C23H24F3N7O3/c1-33-16-12-28-18(27-9-5-8-23(24,25)26)11-17(16)36-13-15(22(33)35)29-21(34)20-30-19(31-32-20)10-14-6-3-2-4-7-14/h2-4,6-7,11-12,15H,5,8-10,13H2,1H3,(H,27,28)(H,29,34)(H,30,31,32)/t15-/m0/s1. The number of hydrogen-bond acceptors (Lipinski definition) is 7. The molecule has 0 spiro atoms. The fraction of sp³-hybridized carbons (Fsp3) is 0.348. The Balaban J connectivity index is 1.37. The number of likely N-dealkylation sites (N-methyl/N-ethyl adjacent to an activating group) is 1. The van der Waals surface area contributed by atoms with Gasteiger partial charge in [-0.25, -0.2) is 9.97 Å². The van der Waals surface area contributed by atoms with Gasteiger partial charge < -0.3 is 20.3 Å². The van der Waals surface area contributed by atoms with E-state index in [4.69, 9.17) is 4.74 Å². The molecule has 1 atom stereocenters. The van der Waals surface area contributed by atoms with Crippen LogP contribution in [0.2, 0.25) is 0 Å². The number of hydrogen-bond donors (Lipinski definition) is 3. The first-order valence-corrected chi connectivity index (χ1v) is 11.2. The van der Waals surface area contributed by atoms with Gasteiger partial charge in [-0.05, 0) is 12.0 Å². The number of anilines is 2. The topological polar surface area (TPSA) is 125 Å². The minimum atomic E-state index is -4.22. The monoisotopic (exact) mass is 503 g/mol. The number of aromatic nitrogens is 4. The Morgan fingerprint density at radius 3 is 2.81 bits per heavy atom. The summed E-state index contributed by atoms with van der Waals surface area (Å²) in [5.41, 5.74) is 1.36. The number of aromatic amines is 1. The van der Waals surface area contributed by atoms with Gasteiger partial charge in [0, 0.05) is 32.5 Å². The highest BCUT2D eigenvalue weighted by molar-refractivity contribution is 6.02. The molecule has 36 heavy (non-hydrogen) atoms. The van der Waals surface area contributed by atoms with Gasteiger partial charge in [0.15, 0.2) is 0 Å². The van der Waals surface area contributed by atoms with Gasteiger partial charge in [0.2, 0.25) is 5.82 Å². The van der Waals surface area contributed by atoms with Gasteiger partial charge in [-0.15, -0.1) is 5.10 Å². The molecule has 1 aliphatic heterocycles. The van der Waals surface area contributed by atoms with Crippen LogP contribution in [0.4, 0.5) is 24.7 Å². The molecule has 1 aliphatic rings. The highest BCUT2D eigenvalue weighted by atomic mass is 19.4. The van der Waals surface area contributed by atoms with Crippen molar-refractivity contribution in [1.29, 1.82) is 0 Å². The summed E-state index contributed by atoms with van der Waals surface area (Å²) < 4.78 is 42.7. The van der Waals surface area contributed by atoms with Crippen LogP contribution in [0, 0.1) is 0 Å². The van der Waals surface area contributed by atoms with Crippen molar-refractivity contribution in [2.24, 2.45) is 0 Å². The molecule has 4 rings (SSSR count). The third kappa shape index (κ3) is 6.29. The second-order valence-corrected chi connectivity index (χ2v) is 8.19. The van der Waals surface area contributed by atoms with E-state index >= 15 is 0 Å². The van der Waals surface area contributed by atoms with Crippen LogP contribution < -0.4 is 20.3 Å². The van der Waals surface area contributed by atoms with Crippen LogP contribution in [0.25, 0.3) is 0 Å². The van der Waals surface area contributed by atoms with Crippen molar-refractivity contribution in [3.05, 3.63) is 59.8 Å². The molecule has 10 nitrogen and oxygen atoms in total. The van der Waals surface area contributed by atoms with Crippen LogP contribution in [0.5, 0.6) is 5.75 Å². The van der Waals surface area contributed by atoms with Gasteiger partial charge >= 0.3 is 6.18 Å². The molecule has 13 heteroatoms. The highest BCUT2D eigenvalue weighted by Crippen LogP contribution is 2.32. The van der Waals surface area contributed by atoms with E-state index in [-0.39, 0.29) is 25.4 Å². The van der Waals surface area contributed by atoms with E-state index in [2.05, 4.69) is 30.8 Å². The molecule has 0 unspecified atom stereocenters. The van der Waals surface area contributed by atoms with E-state index in [0.717, 1.165) is 5.56 Å². The minimum absolute atomic E-state index is 0.0711. The molecule has 1 aromatic carbocycles. The Kier molecular flexibility index (Phi) is 7.36. The Bertz CT molecular complexity index is 1220. The first-order valence-electron chi connectivity index (χ1n) is 11.2. The molecule has 3 aromatic rings. The molecule has 3 N–H and O–H groups in total. The van der Waals surface area contributed by atoms with Crippen LogP contribution >= 0.6 is 0 Å². The Morgan fingerprint density at radius 2 is 2.06 bits per heavy atom. The Morgan fingerprint density at radius 1 is 1.28 bits per heavy atom. The summed E-state index contributed by atoms with van der Waals surface area (Å²) in [6, 6.07) is 10.0. The average molecular weight is 503 g/mol. The molecule has 0 saturated carbocycles. The van der Waals surface area contributed by atoms with E-state index < -0.39 is 30.5 Å². The van der Waals surface area contributed by atoms with Gasteiger partial charge in [-0.1, -0.05) is 30.3 Å². The molecule has 190 valence electrons. The summed E-state index contributed by atoms with van der Waals surface area (Å²) in [5.74, 6) is -0.0671. The zero-order valence-corrected chi connectivity index (χ0v) is 19.3. The molecule has 0 fully saturated rings. The van der Waals surface area contributed by atoms with Crippen molar-refractivity contribution >= 4 is 23.3 Å². The largest absolute Gasteiger partial charge is 0.488 e. The lowest BCUT2D eigenvalue weighted by molar-refractivity contribution is -0.134. The normalized spacial score (nSPS) is 15.6. The summed E-state index contributed by atoms with van der Waals surface area (Å²) in [6.45, 7) is -0.0948. The van der Waals surface area contributed by atoms with Crippen molar-refractivity contribution in [2.45, 2.75) is 31.5 Å². The summed E-state index contributed by atoms with van der Waals surface area (Å²) in [4.78, 5) is 35.3. The number of ether oxygens (including phenoxy) is 1. The predicted octanol–water partition coefficient (Wildman–Crippen LogP) is 2.70. The van der Waals surface area contributed by atoms with Crippen LogP contribution in [0.15, 0.2) is 42.6 Å². The summed E-state index contributed by atoms with van der Waals surface area (Å²) in [6.07, 6.45) is -3.38. The predicted molar refractivity (Wildman–Crippen MR) is 124 cm³/mol. The summed E-state index contributed by atoms with van der Waals surface area (Å²) in [7, 11) is 1.51. The van der Waals surface area contributed by atoms with Crippen molar-refractivity contribution in [3.8, 4) is 5.75 Å². The van der Waals surface area contributed by atoms with E-state index in [1.54, 1.807) is 0 Å². The molecule has 0 bridgehead atoms. The number of halogens is 3. The maximum Gasteiger partial charge on any atom is 0.389 e. The van der Waals surface area contributed by atoms with Gasteiger partial charge in [-0.3, -0.25) is 14.7 Å². The number of H-pyrrole nitrogens is 1. The first-order chi connectivity index (χ1) is 17.2. The second-order valence-electron chi connectivity index (χ2n) is 8.19. The van der Waals surface area contributed by atoms with Gasteiger partial charge in [0.1, 0.15) is 35.7 Å². The number of carbonyl (C=O) groups is 2. The molecule has 2 aromatic heterocycles. The van der Waals surface area contributed by atoms with Gasteiger partial charge in [-0.2, -0.15) is 13.2 Å². The zero-order chi connectivity index (χ0) is 25.7. The molecular formula is C23H24F3N7O3. The van der Waals surface area contributed by atoms with Crippen molar-refractivity contribution in [2.75, 3.05) is 30.4 Å². The lowest BCUT2D eigenvalue weighted by Crippen LogP contribution is -2.49. The highest BCUT2D eigenvalue weighted by Gasteiger charge is 2.32. The van der Waals surface area contributed by atoms with E-state index in [9.17, 15) is 22.8 Å². The molecule has 2 amide bonds. The zero-order valence-electron chi connectivity index (χ0n) is 19.3. The van der Waals surface area contributed by atoms with E-state index in [1.165, 1.54) is 24.2 Å². The molecule has 0 saturated heterocycles. The van der Waals surface area contributed by atoms with Gasteiger partial charge in [0.25, 0.3) is 11.8 Å². The van der Waals surface area contributed by atoms with Crippen molar-refractivity contribution in [3.63, 3.8) is 0 Å². The maximum absolute atomic E-state index is 12.9. The van der Waals surface area contributed by atoms with Crippen LogP contribution in [-0.2, 0) is 11.2 Å². The third-order valence-electron chi connectivity index (χ3n) is 5.44. The number of nitrogens with zero attached hydrogens (tertiary/aromatic N) is 4. The smallest absolute Gasteiger partial charge is 0.389 e. The Labute approximate surface area is 204 Å². The number of fused-ring (bicyclic) bond motifs is 1. The number of amides is 2. The summed E-state index contributed by atoms with van der Waals surface area (Å²) in [5, 5.41) is 12.1. The summed E-state index contributed by atoms with van der Waals surface area (Å²) >= 11 is 0. The van der Waals surface area contributed by atoms with E-state index in [0.29, 0.717) is 29.5 Å². The lowest BCUT2D eigenvalue weighted by atomic mass is 10.1. The fourth-order valence-corrected chi connectivity index (χ4v) is 3.59. The number of carbonyl (C=O) groups excluding carboxylic acids is 2. The van der Waals surface area contributed by atoms with Crippen molar-refractivity contribution in [1.82, 2.24) is 25.5 Å². The quantitative estimate of drug-likeness (QED) is 0.404. The molecule has 0 aliphatic carbocycles. The fourth-order valence-electron chi connectivity index (χ4n) is 3.59. The molecule has 3 heterocycles. The maximum atomic E-state index is 12.9. The van der Waals surface area contributed by atoms with Crippen molar-refractivity contribution < 1.29 is 27.5 Å². The SMILES string of the molecule is CN1C(=O)[C@@H](NC(=O)c2n[nH]c(Cc3ccccc3)n2)COc2cc(NCCCC(F)(F)F)ncc21. The lowest BCUT2D eigenvalue weighted by Gasteiger charge is -2.19. The number of pyridine rings is 1. The van der Waals surface area contributed by atoms with Gasteiger partial charge in [0.05, 0.1) is 6.20 Å². The van der Waals surface area contributed by atoms with Crippen LogP contribution in [-0.4, -0.2) is 64.4 Å². The minimum Gasteiger partial charge on any atom is -0.488 e.